The molecular weight excluding hydrogens is 228 g/mol. The number of aliphatic hydroxyl groups excluding tert-OH is 1. The van der Waals surface area contributed by atoms with Crippen LogP contribution in [0.2, 0.25) is 0 Å². The summed E-state index contributed by atoms with van der Waals surface area (Å²) in [5.41, 5.74) is 6.30. The van der Waals surface area contributed by atoms with Gasteiger partial charge in [-0.15, -0.1) is 0 Å². The Hall–Kier alpha value is -1.10. The number of hydrogen-bond donors (Lipinski definition) is 2. The van der Waals surface area contributed by atoms with Crippen molar-refractivity contribution in [1.29, 1.82) is 0 Å². The third kappa shape index (κ3) is 3.22. The van der Waals surface area contributed by atoms with Crippen molar-refractivity contribution in [2.24, 2.45) is 5.73 Å². The number of hydrogen-bond acceptors (Lipinski definition) is 4. The number of rotatable bonds is 4. The molecule has 2 unspecified atom stereocenters. The molecule has 0 amide bonds. The van der Waals surface area contributed by atoms with E-state index < -0.39 is 6.10 Å². The van der Waals surface area contributed by atoms with Gasteiger partial charge in [0.15, 0.2) is 0 Å². The van der Waals surface area contributed by atoms with Crippen LogP contribution in [0.1, 0.15) is 24.5 Å². The minimum absolute atomic E-state index is 0.204. The van der Waals surface area contributed by atoms with Crippen LogP contribution < -0.4 is 10.5 Å². The van der Waals surface area contributed by atoms with E-state index in [2.05, 4.69) is 11.9 Å². The van der Waals surface area contributed by atoms with Gasteiger partial charge in [-0.3, -0.25) is 0 Å². The zero-order valence-electron chi connectivity index (χ0n) is 10.9. The van der Waals surface area contributed by atoms with Crippen molar-refractivity contribution in [3.63, 3.8) is 0 Å². The quantitative estimate of drug-likeness (QED) is 0.841. The Morgan fingerprint density at radius 1 is 1.50 bits per heavy atom. The van der Waals surface area contributed by atoms with Gasteiger partial charge in [0.1, 0.15) is 11.9 Å². The summed E-state index contributed by atoms with van der Waals surface area (Å²) in [6.45, 7) is 2.28. The summed E-state index contributed by atoms with van der Waals surface area (Å²) in [6, 6.07) is 7.60. The maximum Gasteiger partial charge on any atom is 0.125 e. The summed E-state index contributed by atoms with van der Waals surface area (Å²) in [4.78, 5) is 2.27. The third-order valence-electron chi connectivity index (χ3n) is 3.38. The van der Waals surface area contributed by atoms with Gasteiger partial charge in [0.05, 0.1) is 6.10 Å². The van der Waals surface area contributed by atoms with E-state index >= 15 is 0 Å². The molecule has 18 heavy (non-hydrogen) atoms. The number of ether oxygens (including phenoxy) is 1. The van der Waals surface area contributed by atoms with Crippen molar-refractivity contribution in [3.8, 4) is 5.75 Å². The minimum atomic E-state index is -0.650. The molecule has 0 radical (unpaired) electrons. The van der Waals surface area contributed by atoms with Crippen LogP contribution in [0.4, 0.5) is 0 Å². The molecule has 0 spiro atoms. The Morgan fingerprint density at radius 3 is 3.00 bits per heavy atom. The van der Waals surface area contributed by atoms with E-state index in [4.69, 9.17) is 10.5 Å². The minimum Gasteiger partial charge on any atom is -0.489 e. The number of aliphatic hydroxyl groups is 1. The second-order valence-electron chi connectivity index (χ2n) is 4.93. The molecule has 1 heterocycles. The average Bonchev–Trinajstić information content (AvgIpc) is 2.38. The lowest BCUT2D eigenvalue weighted by molar-refractivity contribution is 0.0985. The van der Waals surface area contributed by atoms with Gasteiger partial charge in [0.25, 0.3) is 0 Å². The Kier molecular flexibility index (Phi) is 4.58. The summed E-state index contributed by atoms with van der Waals surface area (Å²) in [5, 5.41) is 9.88. The Balaban J connectivity index is 2.08. The summed E-state index contributed by atoms with van der Waals surface area (Å²) in [5.74, 6) is 0.760. The van der Waals surface area contributed by atoms with Crippen LogP contribution in [0.25, 0.3) is 0 Å². The van der Waals surface area contributed by atoms with Gasteiger partial charge in [-0.05, 0) is 32.5 Å². The third-order valence-corrected chi connectivity index (χ3v) is 3.38. The van der Waals surface area contributed by atoms with Gasteiger partial charge in [0, 0.05) is 18.7 Å². The van der Waals surface area contributed by atoms with Crippen molar-refractivity contribution in [3.05, 3.63) is 29.8 Å². The molecule has 0 saturated carbocycles. The van der Waals surface area contributed by atoms with Crippen molar-refractivity contribution < 1.29 is 9.84 Å². The molecule has 4 nitrogen and oxygen atoms in total. The Morgan fingerprint density at radius 2 is 2.28 bits per heavy atom. The van der Waals surface area contributed by atoms with Crippen LogP contribution in [-0.4, -0.2) is 42.8 Å². The smallest absolute Gasteiger partial charge is 0.125 e. The zero-order valence-corrected chi connectivity index (χ0v) is 10.9. The van der Waals surface area contributed by atoms with E-state index in [1.807, 2.05) is 24.3 Å². The van der Waals surface area contributed by atoms with Gasteiger partial charge >= 0.3 is 0 Å². The normalized spacial score (nSPS) is 22.7. The van der Waals surface area contributed by atoms with E-state index in [-0.39, 0.29) is 12.6 Å². The number of piperidine rings is 1. The monoisotopic (exact) mass is 250 g/mol. The molecule has 1 aliphatic rings. The van der Waals surface area contributed by atoms with Gasteiger partial charge in [-0.2, -0.15) is 0 Å². The number of likely N-dealkylation sites (tertiary alicyclic amines) is 1. The highest BCUT2D eigenvalue weighted by Gasteiger charge is 2.20. The molecule has 0 aliphatic carbocycles. The molecule has 3 N–H and O–H groups in total. The molecule has 1 saturated heterocycles. The molecule has 0 bridgehead atoms. The summed E-state index contributed by atoms with van der Waals surface area (Å²) in [6.07, 6.45) is 1.78. The maximum atomic E-state index is 9.88. The molecule has 1 aliphatic heterocycles. The fraction of sp³-hybridized carbons (Fsp3) is 0.571. The lowest BCUT2D eigenvalue weighted by Gasteiger charge is -2.30. The highest BCUT2D eigenvalue weighted by Crippen LogP contribution is 2.26. The van der Waals surface area contributed by atoms with Crippen molar-refractivity contribution in [1.82, 2.24) is 4.90 Å². The second kappa shape index (κ2) is 6.18. The summed E-state index contributed by atoms with van der Waals surface area (Å²) >= 11 is 0. The predicted molar refractivity (Wildman–Crippen MR) is 71.6 cm³/mol. The largest absolute Gasteiger partial charge is 0.489 e. The first kappa shape index (κ1) is 13.3. The fourth-order valence-electron chi connectivity index (χ4n) is 2.38. The van der Waals surface area contributed by atoms with Gasteiger partial charge in [-0.25, -0.2) is 0 Å². The zero-order chi connectivity index (χ0) is 13.0. The number of benzene rings is 1. The summed E-state index contributed by atoms with van der Waals surface area (Å²) in [7, 11) is 2.11. The van der Waals surface area contributed by atoms with E-state index in [1.54, 1.807) is 0 Å². The topological polar surface area (TPSA) is 58.7 Å². The Labute approximate surface area is 108 Å². The molecule has 1 aromatic rings. The van der Waals surface area contributed by atoms with E-state index in [1.165, 1.54) is 0 Å². The van der Waals surface area contributed by atoms with Crippen LogP contribution in [0, 0.1) is 0 Å². The Bertz CT molecular complexity index is 384. The van der Waals surface area contributed by atoms with Crippen LogP contribution in [0.5, 0.6) is 5.75 Å². The van der Waals surface area contributed by atoms with Crippen molar-refractivity contribution in [2.75, 3.05) is 26.7 Å². The van der Waals surface area contributed by atoms with Crippen LogP contribution in [-0.2, 0) is 0 Å². The maximum absolute atomic E-state index is 9.88. The molecule has 1 fully saturated rings. The van der Waals surface area contributed by atoms with Crippen molar-refractivity contribution in [2.45, 2.75) is 25.0 Å². The molecule has 1 aromatic carbocycles. The highest BCUT2D eigenvalue weighted by atomic mass is 16.5. The molecule has 2 atom stereocenters. The molecule has 0 aromatic heterocycles. The number of nitrogens with zero attached hydrogens (tertiary/aromatic N) is 1. The lowest BCUT2D eigenvalue weighted by atomic mass is 10.1. The van der Waals surface area contributed by atoms with Crippen LogP contribution in [0.15, 0.2) is 24.3 Å². The fourth-order valence-corrected chi connectivity index (χ4v) is 2.38. The van der Waals surface area contributed by atoms with Gasteiger partial charge in [-0.1, -0.05) is 18.2 Å². The predicted octanol–water partition coefficient (Wildman–Crippen LogP) is 1.15. The molecule has 4 heteroatoms. The van der Waals surface area contributed by atoms with Gasteiger partial charge < -0.3 is 20.5 Å². The first-order valence-corrected chi connectivity index (χ1v) is 6.53. The first-order chi connectivity index (χ1) is 8.70. The second-order valence-corrected chi connectivity index (χ2v) is 4.93. The molecule has 100 valence electrons. The van der Waals surface area contributed by atoms with Crippen LogP contribution >= 0.6 is 0 Å². The number of likely N-dealkylation sites (N-methyl/N-ethyl adjacent to an activating group) is 1. The lowest BCUT2D eigenvalue weighted by Crippen LogP contribution is -2.38. The highest BCUT2D eigenvalue weighted by molar-refractivity contribution is 5.35. The SMILES string of the molecule is CN1CCCC(Oc2ccccc2C(O)CN)C1. The van der Waals surface area contributed by atoms with Crippen molar-refractivity contribution >= 4 is 0 Å². The van der Waals surface area contributed by atoms with E-state index in [0.29, 0.717) is 0 Å². The average molecular weight is 250 g/mol. The summed E-state index contributed by atoms with van der Waals surface area (Å²) < 4.78 is 6.02. The number of nitrogens with two attached hydrogens (primary N) is 1. The first-order valence-electron chi connectivity index (χ1n) is 6.53. The standard InChI is InChI=1S/C14H22N2O2/c1-16-8-4-5-11(10-16)18-14-7-3-2-6-12(14)13(17)9-15/h2-3,6-7,11,13,17H,4-5,8-10,15H2,1H3. The number of para-hydroxylation sites is 1. The van der Waals surface area contributed by atoms with E-state index in [0.717, 1.165) is 37.2 Å². The molecule has 2 rings (SSSR count). The van der Waals surface area contributed by atoms with Crippen LogP contribution in [0.3, 0.4) is 0 Å². The van der Waals surface area contributed by atoms with Gasteiger partial charge in [0.2, 0.25) is 0 Å². The molecular formula is C14H22N2O2. The van der Waals surface area contributed by atoms with E-state index in [9.17, 15) is 5.11 Å².